The number of fused-ring (bicyclic) bond motifs is 1. The molecule has 0 radical (unpaired) electrons. The summed E-state index contributed by atoms with van der Waals surface area (Å²) < 4.78 is 44.3. The number of hydrogen-bond donors (Lipinski definition) is 3. The number of aliphatic hydroxyl groups is 1. The summed E-state index contributed by atoms with van der Waals surface area (Å²) in [6.07, 6.45) is -2.05. The summed E-state index contributed by atoms with van der Waals surface area (Å²) in [6.45, 7) is 1.82. The first kappa shape index (κ1) is 19.5. The molecule has 1 aliphatic rings. The lowest BCUT2D eigenvalue weighted by Gasteiger charge is -2.37. The maximum atomic E-state index is 12.8. The smallest absolute Gasteiger partial charge is 0.417 e. The third kappa shape index (κ3) is 4.37. The number of anilines is 1. The molecule has 0 aliphatic heterocycles. The molecular formula is C19H23F3N2O3. The highest BCUT2D eigenvalue weighted by molar-refractivity contribution is 6.01. The number of amides is 1. The molecule has 1 amide bonds. The molecule has 3 rings (SSSR count). The number of aromatic amines is 1. The van der Waals surface area contributed by atoms with Gasteiger partial charge in [-0.15, -0.1) is 0 Å². The van der Waals surface area contributed by atoms with E-state index in [1.54, 1.807) is 12.3 Å². The number of alkyl halides is 3. The van der Waals surface area contributed by atoms with Gasteiger partial charge in [0.1, 0.15) is 5.75 Å². The Balaban J connectivity index is 1.53. The van der Waals surface area contributed by atoms with Crippen LogP contribution in [0.25, 0.3) is 10.9 Å². The van der Waals surface area contributed by atoms with Crippen molar-refractivity contribution in [2.24, 2.45) is 5.92 Å². The molecular weight excluding hydrogens is 361 g/mol. The largest absolute Gasteiger partial charge is 0.494 e. The fourth-order valence-electron chi connectivity index (χ4n) is 3.55. The normalized spacial score (nSPS) is 23.4. The Morgan fingerprint density at radius 2 is 2.07 bits per heavy atom. The van der Waals surface area contributed by atoms with Crippen molar-refractivity contribution in [1.82, 2.24) is 4.98 Å². The highest BCUT2D eigenvalue weighted by Crippen LogP contribution is 2.43. The molecule has 1 saturated carbocycles. The van der Waals surface area contributed by atoms with Crippen LogP contribution in [-0.4, -0.2) is 34.4 Å². The number of aromatic nitrogens is 1. The van der Waals surface area contributed by atoms with E-state index in [-0.39, 0.29) is 24.7 Å². The Kier molecular flexibility index (Phi) is 5.37. The van der Waals surface area contributed by atoms with Crippen molar-refractivity contribution < 1.29 is 27.8 Å². The van der Waals surface area contributed by atoms with Crippen molar-refractivity contribution in [2.45, 2.75) is 50.8 Å². The molecule has 148 valence electrons. The summed E-state index contributed by atoms with van der Waals surface area (Å²) in [5, 5.41) is 13.3. The van der Waals surface area contributed by atoms with Crippen LogP contribution in [0.15, 0.2) is 24.4 Å². The minimum atomic E-state index is -4.56. The summed E-state index contributed by atoms with van der Waals surface area (Å²) in [5.41, 5.74) is -1.00. The van der Waals surface area contributed by atoms with E-state index >= 15 is 0 Å². The van der Waals surface area contributed by atoms with Crippen LogP contribution in [0.1, 0.15) is 39.0 Å². The van der Waals surface area contributed by atoms with Crippen molar-refractivity contribution in [3.8, 4) is 5.75 Å². The average Bonchev–Trinajstić information content (AvgIpc) is 2.97. The molecule has 27 heavy (non-hydrogen) atoms. The van der Waals surface area contributed by atoms with Crippen LogP contribution in [-0.2, 0) is 4.79 Å². The second-order valence-corrected chi connectivity index (χ2v) is 7.20. The number of carbonyl (C=O) groups is 1. The zero-order valence-corrected chi connectivity index (χ0v) is 15.0. The Morgan fingerprint density at radius 1 is 1.37 bits per heavy atom. The molecule has 0 saturated heterocycles. The van der Waals surface area contributed by atoms with Gasteiger partial charge in [0.25, 0.3) is 0 Å². The third-order valence-electron chi connectivity index (χ3n) is 5.22. The predicted molar refractivity (Wildman–Crippen MR) is 95.7 cm³/mol. The van der Waals surface area contributed by atoms with Gasteiger partial charge in [-0.2, -0.15) is 13.2 Å². The lowest BCUT2D eigenvalue weighted by molar-refractivity contribution is -0.272. The molecule has 1 aromatic heterocycles. The number of ether oxygens (including phenoxy) is 1. The Hall–Kier alpha value is -2.22. The van der Waals surface area contributed by atoms with E-state index in [4.69, 9.17) is 4.74 Å². The molecule has 8 heteroatoms. The number of H-pyrrole nitrogens is 1. The summed E-state index contributed by atoms with van der Waals surface area (Å²) in [7, 11) is 0. The first-order valence-electron chi connectivity index (χ1n) is 8.98. The molecule has 0 spiro atoms. The molecule has 2 aromatic rings. The van der Waals surface area contributed by atoms with Crippen molar-refractivity contribution >= 4 is 22.5 Å². The van der Waals surface area contributed by atoms with Gasteiger partial charge in [-0.1, -0.05) is 0 Å². The molecule has 1 heterocycles. The van der Waals surface area contributed by atoms with Gasteiger partial charge in [0.2, 0.25) is 5.91 Å². The van der Waals surface area contributed by atoms with E-state index in [9.17, 15) is 23.1 Å². The second-order valence-electron chi connectivity index (χ2n) is 7.20. The number of benzene rings is 1. The summed E-state index contributed by atoms with van der Waals surface area (Å²) in [6, 6.07) is 5.47. The molecule has 1 aliphatic carbocycles. The first-order chi connectivity index (χ1) is 12.7. The van der Waals surface area contributed by atoms with Crippen LogP contribution in [0.5, 0.6) is 5.75 Å². The second kappa shape index (κ2) is 7.42. The third-order valence-corrected chi connectivity index (χ3v) is 5.22. The molecule has 0 unspecified atom stereocenters. The molecule has 5 nitrogen and oxygen atoms in total. The topological polar surface area (TPSA) is 74.4 Å². The zero-order valence-electron chi connectivity index (χ0n) is 15.0. The average molecular weight is 384 g/mol. The van der Waals surface area contributed by atoms with Crippen LogP contribution < -0.4 is 10.1 Å². The fourth-order valence-corrected chi connectivity index (χ4v) is 3.55. The summed E-state index contributed by atoms with van der Waals surface area (Å²) in [5.74, 6) is 0.577. The summed E-state index contributed by atoms with van der Waals surface area (Å²) >= 11 is 0. The molecule has 1 fully saturated rings. The van der Waals surface area contributed by atoms with Crippen LogP contribution >= 0.6 is 0 Å². The molecule has 0 atom stereocenters. The van der Waals surface area contributed by atoms with Gasteiger partial charge in [-0.3, -0.25) is 4.79 Å². The zero-order chi connectivity index (χ0) is 19.7. The van der Waals surface area contributed by atoms with E-state index in [0.29, 0.717) is 37.3 Å². The Morgan fingerprint density at radius 3 is 2.70 bits per heavy atom. The molecule has 3 N–H and O–H groups in total. The van der Waals surface area contributed by atoms with Crippen molar-refractivity contribution in [2.75, 3.05) is 11.9 Å². The lowest BCUT2D eigenvalue weighted by Crippen LogP contribution is -2.47. The monoisotopic (exact) mass is 384 g/mol. The minimum absolute atomic E-state index is 0.110. The number of halogens is 3. The van der Waals surface area contributed by atoms with Crippen LogP contribution in [0.3, 0.4) is 0 Å². The molecule has 0 bridgehead atoms. The number of carbonyl (C=O) groups excluding carboxylic acids is 1. The maximum absolute atomic E-state index is 12.8. The standard InChI is InChI=1S/C19H23F3N2O3/c1-12(25)24-17-11-23-16-3-2-14(10-15(16)17)27-9-6-13-4-7-18(26,8-5-13)19(20,21)22/h2-3,10-11,13,23,26H,4-9H2,1H3,(H,24,25)/t13-,18+. The van der Waals surface area contributed by atoms with Crippen LogP contribution in [0, 0.1) is 5.92 Å². The van der Waals surface area contributed by atoms with Crippen LogP contribution in [0.2, 0.25) is 0 Å². The molecule has 1 aromatic carbocycles. The first-order valence-corrected chi connectivity index (χ1v) is 8.98. The van der Waals surface area contributed by atoms with Gasteiger partial charge >= 0.3 is 6.18 Å². The van der Waals surface area contributed by atoms with Gasteiger partial charge in [-0.05, 0) is 56.2 Å². The van der Waals surface area contributed by atoms with E-state index in [2.05, 4.69) is 10.3 Å². The van der Waals surface area contributed by atoms with Crippen LogP contribution in [0.4, 0.5) is 18.9 Å². The highest BCUT2D eigenvalue weighted by Gasteiger charge is 2.54. The number of rotatable bonds is 5. The van der Waals surface area contributed by atoms with Gasteiger partial charge in [0.15, 0.2) is 5.60 Å². The van der Waals surface area contributed by atoms with Gasteiger partial charge < -0.3 is 20.1 Å². The number of nitrogens with one attached hydrogen (secondary N) is 2. The maximum Gasteiger partial charge on any atom is 0.417 e. The van der Waals surface area contributed by atoms with Crippen molar-refractivity contribution in [1.29, 1.82) is 0 Å². The van der Waals surface area contributed by atoms with E-state index in [0.717, 1.165) is 10.9 Å². The van der Waals surface area contributed by atoms with Gasteiger partial charge in [0.05, 0.1) is 12.3 Å². The van der Waals surface area contributed by atoms with E-state index in [1.807, 2.05) is 12.1 Å². The van der Waals surface area contributed by atoms with Gasteiger partial charge in [0, 0.05) is 24.0 Å². The Bertz CT molecular complexity index is 808. The SMILES string of the molecule is CC(=O)Nc1c[nH]c2ccc(OCC[C@H]3CC[C@](O)(C(F)(F)F)CC3)cc12. The minimum Gasteiger partial charge on any atom is -0.494 e. The number of hydrogen-bond acceptors (Lipinski definition) is 3. The summed E-state index contributed by atoms with van der Waals surface area (Å²) in [4.78, 5) is 14.3. The van der Waals surface area contributed by atoms with Gasteiger partial charge in [-0.25, -0.2) is 0 Å². The predicted octanol–water partition coefficient (Wildman–Crippen LogP) is 4.38. The van der Waals surface area contributed by atoms with E-state index < -0.39 is 11.8 Å². The van der Waals surface area contributed by atoms with Crippen molar-refractivity contribution in [3.63, 3.8) is 0 Å². The quantitative estimate of drug-likeness (QED) is 0.716. The lowest BCUT2D eigenvalue weighted by atomic mass is 9.77. The fraction of sp³-hybridized carbons (Fsp3) is 0.526. The van der Waals surface area contributed by atoms with Crippen molar-refractivity contribution in [3.05, 3.63) is 24.4 Å². The Labute approximate surface area is 154 Å². The van der Waals surface area contributed by atoms with E-state index in [1.165, 1.54) is 6.92 Å². The highest BCUT2D eigenvalue weighted by atomic mass is 19.4.